The van der Waals surface area contributed by atoms with Gasteiger partial charge in [-0.1, -0.05) is 13.8 Å². The van der Waals surface area contributed by atoms with Crippen LogP contribution in [0.5, 0.6) is 0 Å². The van der Waals surface area contributed by atoms with Crippen LogP contribution in [0.15, 0.2) is 12.3 Å². The second-order valence-corrected chi connectivity index (χ2v) is 7.45. The molecule has 0 spiro atoms. The van der Waals surface area contributed by atoms with E-state index in [1.165, 1.54) is 24.3 Å². The first-order chi connectivity index (χ1) is 9.17. The zero-order chi connectivity index (χ0) is 13.7. The highest BCUT2D eigenvalue weighted by Gasteiger charge is 2.28. The Morgan fingerprint density at radius 2 is 2.26 bits per heavy atom. The molecule has 1 aromatic rings. The Hall–Kier alpha value is -0.480. The van der Waals surface area contributed by atoms with Crippen LogP contribution in [0.25, 0.3) is 0 Å². The van der Waals surface area contributed by atoms with Gasteiger partial charge in [-0.3, -0.25) is 4.68 Å². The summed E-state index contributed by atoms with van der Waals surface area (Å²) in [5, 5.41) is 8.26. The molecule has 0 amide bonds. The van der Waals surface area contributed by atoms with E-state index < -0.39 is 0 Å². The van der Waals surface area contributed by atoms with Gasteiger partial charge in [-0.25, -0.2) is 0 Å². The van der Waals surface area contributed by atoms with Gasteiger partial charge in [0.15, 0.2) is 0 Å². The van der Waals surface area contributed by atoms with Gasteiger partial charge in [0.25, 0.3) is 0 Å². The third kappa shape index (κ3) is 3.99. The molecule has 0 bridgehead atoms. The summed E-state index contributed by atoms with van der Waals surface area (Å²) in [6, 6.07) is 2.70. The number of rotatable bonds is 7. The lowest BCUT2D eigenvalue weighted by Gasteiger charge is -2.22. The molecule has 4 heteroatoms. The lowest BCUT2D eigenvalue weighted by molar-refractivity contribution is 0.423. The molecule has 19 heavy (non-hydrogen) atoms. The molecule has 0 aliphatic carbocycles. The molecule has 2 rings (SSSR count). The number of hydrogen-bond donors (Lipinski definition) is 1. The quantitative estimate of drug-likeness (QED) is 0.828. The molecular weight excluding hydrogens is 254 g/mol. The Morgan fingerprint density at radius 1 is 1.47 bits per heavy atom. The van der Waals surface area contributed by atoms with E-state index in [1.54, 1.807) is 0 Å². The van der Waals surface area contributed by atoms with Crippen LogP contribution in [0.4, 0.5) is 0 Å². The van der Waals surface area contributed by atoms with Gasteiger partial charge in [-0.2, -0.15) is 16.9 Å². The first kappa shape index (κ1) is 14.9. The van der Waals surface area contributed by atoms with E-state index in [4.69, 9.17) is 0 Å². The van der Waals surface area contributed by atoms with Gasteiger partial charge in [-0.05, 0) is 44.4 Å². The minimum atomic E-state index is 0.442. The maximum absolute atomic E-state index is 4.69. The maximum atomic E-state index is 4.69. The van der Waals surface area contributed by atoms with E-state index >= 15 is 0 Å². The van der Waals surface area contributed by atoms with Crippen molar-refractivity contribution in [3.05, 3.63) is 18.0 Å². The van der Waals surface area contributed by atoms with Crippen molar-refractivity contribution in [2.75, 3.05) is 12.3 Å². The van der Waals surface area contributed by atoms with Crippen LogP contribution in [0.1, 0.15) is 58.2 Å². The highest BCUT2D eigenvalue weighted by Crippen LogP contribution is 2.36. The smallest absolute Gasteiger partial charge is 0.0762 e. The summed E-state index contributed by atoms with van der Waals surface area (Å²) in [5.41, 5.74) is 1.17. The molecule has 0 radical (unpaired) electrons. The van der Waals surface area contributed by atoms with Crippen molar-refractivity contribution in [3.63, 3.8) is 0 Å². The zero-order valence-corrected chi connectivity index (χ0v) is 13.3. The van der Waals surface area contributed by atoms with Gasteiger partial charge in [0.2, 0.25) is 0 Å². The summed E-state index contributed by atoms with van der Waals surface area (Å²) >= 11 is 2.11. The molecule has 1 aliphatic rings. The highest BCUT2D eigenvalue weighted by molar-refractivity contribution is 8.00. The van der Waals surface area contributed by atoms with Crippen LogP contribution >= 0.6 is 11.8 Å². The number of aromatic nitrogens is 2. The Bertz CT molecular complexity index is 378. The fourth-order valence-corrected chi connectivity index (χ4v) is 4.04. The van der Waals surface area contributed by atoms with E-state index in [0.29, 0.717) is 10.8 Å². The number of nitrogens with one attached hydrogen (secondary N) is 1. The van der Waals surface area contributed by atoms with Crippen molar-refractivity contribution in [2.24, 2.45) is 0 Å². The standard InChI is InChI=1S/C15H27N3S/c1-4-14(5-2)18-9-7-13(17-18)11-16-12-15(3)8-6-10-19-15/h7,9,14,16H,4-6,8,10-12H2,1-3H3. The molecule has 3 nitrogen and oxygen atoms in total. The molecular formula is C15H27N3S. The van der Waals surface area contributed by atoms with E-state index in [9.17, 15) is 0 Å². The van der Waals surface area contributed by atoms with Crippen LogP contribution in [0.2, 0.25) is 0 Å². The lowest BCUT2D eigenvalue weighted by Crippen LogP contribution is -2.32. The van der Waals surface area contributed by atoms with Crippen molar-refractivity contribution in [1.29, 1.82) is 0 Å². The lowest BCUT2D eigenvalue weighted by atomic mass is 10.1. The molecule has 1 N–H and O–H groups in total. The van der Waals surface area contributed by atoms with E-state index in [-0.39, 0.29) is 0 Å². The molecule has 1 saturated heterocycles. The number of hydrogen-bond acceptors (Lipinski definition) is 3. The Balaban J connectivity index is 1.80. The monoisotopic (exact) mass is 281 g/mol. The molecule has 1 atom stereocenters. The summed E-state index contributed by atoms with van der Waals surface area (Å²) in [5.74, 6) is 1.32. The molecule has 1 unspecified atom stereocenters. The van der Waals surface area contributed by atoms with Crippen molar-refractivity contribution in [1.82, 2.24) is 15.1 Å². The summed E-state index contributed by atoms with van der Waals surface area (Å²) < 4.78 is 2.57. The average molecular weight is 281 g/mol. The van der Waals surface area contributed by atoms with Crippen LogP contribution < -0.4 is 5.32 Å². The predicted octanol–water partition coefficient (Wildman–Crippen LogP) is 3.62. The Morgan fingerprint density at radius 3 is 2.89 bits per heavy atom. The normalized spacial score (nSPS) is 23.4. The molecule has 1 aliphatic heterocycles. The number of thioether (sulfide) groups is 1. The molecule has 0 aromatic carbocycles. The van der Waals surface area contributed by atoms with Gasteiger partial charge >= 0.3 is 0 Å². The van der Waals surface area contributed by atoms with Gasteiger partial charge in [0.05, 0.1) is 11.7 Å². The molecule has 1 aromatic heterocycles. The van der Waals surface area contributed by atoms with Crippen LogP contribution in [0.3, 0.4) is 0 Å². The minimum absolute atomic E-state index is 0.442. The number of nitrogens with zero attached hydrogens (tertiary/aromatic N) is 2. The van der Waals surface area contributed by atoms with Crippen molar-refractivity contribution < 1.29 is 0 Å². The summed E-state index contributed by atoms with van der Waals surface area (Å²) in [4.78, 5) is 0. The van der Waals surface area contributed by atoms with Gasteiger partial charge in [0, 0.05) is 24.0 Å². The van der Waals surface area contributed by atoms with Crippen molar-refractivity contribution in [3.8, 4) is 0 Å². The average Bonchev–Trinajstić information content (AvgIpc) is 3.01. The summed E-state index contributed by atoms with van der Waals surface area (Å²) in [6.45, 7) is 8.82. The van der Waals surface area contributed by atoms with E-state index in [1.807, 2.05) is 0 Å². The fraction of sp³-hybridized carbons (Fsp3) is 0.800. The molecule has 0 saturated carbocycles. The SMILES string of the molecule is CCC(CC)n1ccc(CNCC2(C)CCCS2)n1. The first-order valence-corrected chi connectivity index (χ1v) is 8.54. The third-order valence-corrected chi connectivity index (χ3v) is 5.62. The van der Waals surface area contributed by atoms with E-state index in [0.717, 1.165) is 25.9 Å². The second kappa shape index (κ2) is 6.80. The summed E-state index contributed by atoms with van der Waals surface area (Å²) in [6.07, 6.45) is 7.14. The third-order valence-electron chi connectivity index (χ3n) is 4.09. The zero-order valence-electron chi connectivity index (χ0n) is 12.5. The van der Waals surface area contributed by atoms with E-state index in [2.05, 4.69) is 59.9 Å². The Kier molecular flexibility index (Phi) is 5.34. The fourth-order valence-electron chi connectivity index (χ4n) is 2.77. The van der Waals surface area contributed by atoms with Crippen LogP contribution in [0, 0.1) is 0 Å². The van der Waals surface area contributed by atoms with Gasteiger partial charge < -0.3 is 5.32 Å². The van der Waals surface area contributed by atoms with Crippen molar-refractivity contribution in [2.45, 2.75) is 63.8 Å². The molecule has 2 heterocycles. The van der Waals surface area contributed by atoms with Crippen molar-refractivity contribution >= 4 is 11.8 Å². The predicted molar refractivity (Wildman–Crippen MR) is 83.6 cm³/mol. The first-order valence-electron chi connectivity index (χ1n) is 7.55. The van der Waals surface area contributed by atoms with Gasteiger partial charge in [-0.15, -0.1) is 0 Å². The van der Waals surface area contributed by atoms with Crippen LogP contribution in [-0.2, 0) is 6.54 Å². The minimum Gasteiger partial charge on any atom is -0.310 e. The largest absolute Gasteiger partial charge is 0.310 e. The molecule has 108 valence electrons. The van der Waals surface area contributed by atoms with Gasteiger partial charge in [0.1, 0.15) is 0 Å². The summed E-state index contributed by atoms with van der Waals surface area (Å²) in [7, 11) is 0. The maximum Gasteiger partial charge on any atom is 0.0762 e. The molecule has 1 fully saturated rings. The second-order valence-electron chi connectivity index (χ2n) is 5.76. The Labute approximate surface area is 121 Å². The highest BCUT2D eigenvalue weighted by atomic mass is 32.2. The topological polar surface area (TPSA) is 29.9 Å². The van der Waals surface area contributed by atoms with Crippen LogP contribution in [-0.4, -0.2) is 26.8 Å².